The summed E-state index contributed by atoms with van der Waals surface area (Å²) in [7, 11) is 0. The van der Waals surface area contributed by atoms with Crippen LogP contribution in [0.4, 0.5) is 0 Å². The van der Waals surface area contributed by atoms with Gasteiger partial charge in [0.1, 0.15) is 0 Å². The van der Waals surface area contributed by atoms with Crippen molar-refractivity contribution in [2.24, 2.45) is 0 Å². The van der Waals surface area contributed by atoms with Crippen LogP contribution < -0.4 is 0 Å². The van der Waals surface area contributed by atoms with Crippen molar-refractivity contribution in [3.8, 4) is 0 Å². The number of ether oxygens (including phenoxy) is 2. The first-order valence-electron chi connectivity index (χ1n) is 6.33. The average Bonchev–Trinajstić information content (AvgIpc) is 2.40. The fourth-order valence-corrected chi connectivity index (χ4v) is 2.03. The summed E-state index contributed by atoms with van der Waals surface area (Å²) in [5.74, 6) is 0. The van der Waals surface area contributed by atoms with E-state index in [4.69, 9.17) is 9.47 Å². The van der Waals surface area contributed by atoms with Crippen molar-refractivity contribution < 1.29 is 9.47 Å². The van der Waals surface area contributed by atoms with Gasteiger partial charge in [-0.25, -0.2) is 0 Å². The molecule has 2 heteroatoms. The van der Waals surface area contributed by atoms with Gasteiger partial charge in [0.2, 0.25) is 0 Å². The predicted octanol–water partition coefficient (Wildman–Crippen LogP) is 3.42. The van der Waals surface area contributed by atoms with E-state index in [0.29, 0.717) is 0 Å². The van der Waals surface area contributed by atoms with E-state index in [-0.39, 0.29) is 6.29 Å². The minimum atomic E-state index is 0.0198. The molecule has 0 aliphatic carbocycles. The maximum Gasteiger partial charge on any atom is 0.157 e. The Morgan fingerprint density at radius 2 is 2.35 bits per heavy atom. The second-order valence-corrected chi connectivity index (χ2v) is 4.37. The van der Waals surface area contributed by atoms with E-state index >= 15 is 0 Å². The van der Waals surface area contributed by atoms with Crippen LogP contribution in [-0.2, 0) is 15.9 Å². The molecule has 0 amide bonds. The molecule has 1 saturated heterocycles. The molecule has 0 spiro atoms. The van der Waals surface area contributed by atoms with Gasteiger partial charge < -0.3 is 9.47 Å². The molecule has 1 atom stereocenters. The summed E-state index contributed by atoms with van der Waals surface area (Å²) < 4.78 is 11.2. The zero-order valence-corrected chi connectivity index (χ0v) is 10.2. The molecule has 0 bridgehead atoms. The summed E-state index contributed by atoms with van der Waals surface area (Å²) in [5, 5.41) is 0. The summed E-state index contributed by atoms with van der Waals surface area (Å²) >= 11 is 0. The molecule has 2 nitrogen and oxygen atoms in total. The smallest absolute Gasteiger partial charge is 0.157 e. The number of hydrogen-bond acceptors (Lipinski definition) is 2. The van der Waals surface area contributed by atoms with Crippen LogP contribution in [0.15, 0.2) is 30.8 Å². The molecular weight excluding hydrogens is 212 g/mol. The van der Waals surface area contributed by atoms with Gasteiger partial charge >= 0.3 is 0 Å². The maximum atomic E-state index is 5.71. The Kier molecular flexibility index (Phi) is 4.77. The fourth-order valence-electron chi connectivity index (χ4n) is 2.03. The molecule has 1 aromatic rings. The Labute approximate surface area is 103 Å². The third-order valence-electron chi connectivity index (χ3n) is 3.02. The second-order valence-electron chi connectivity index (χ2n) is 4.37. The molecule has 1 unspecified atom stereocenters. The van der Waals surface area contributed by atoms with E-state index in [1.165, 1.54) is 18.4 Å². The Morgan fingerprint density at radius 3 is 3.12 bits per heavy atom. The number of hydrogen-bond donors (Lipinski definition) is 0. The van der Waals surface area contributed by atoms with E-state index in [9.17, 15) is 0 Å². The molecule has 2 rings (SSSR count). The van der Waals surface area contributed by atoms with Gasteiger partial charge in [0.15, 0.2) is 6.29 Å². The normalized spacial score (nSPS) is 20.1. The molecule has 1 aromatic carbocycles. The van der Waals surface area contributed by atoms with Gasteiger partial charge in [-0.2, -0.15) is 0 Å². The lowest BCUT2D eigenvalue weighted by Crippen LogP contribution is -2.23. The van der Waals surface area contributed by atoms with Crippen LogP contribution in [0.25, 0.3) is 6.08 Å². The summed E-state index contributed by atoms with van der Waals surface area (Å²) in [4.78, 5) is 0. The number of benzene rings is 1. The van der Waals surface area contributed by atoms with E-state index in [2.05, 4.69) is 30.8 Å². The molecule has 1 heterocycles. The lowest BCUT2D eigenvalue weighted by molar-refractivity contribution is -0.161. The minimum absolute atomic E-state index is 0.0198. The highest BCUT2D eigenvalue weighted by Gasteiger charge is 2.13. The first kappa shape index (κ1) is 12.3. The Hall–Kier alpha value is -1.12. The Bertz CT molecular complexity index is 354. The quantitative estimate of drug-likeness (QED) is 0.774. The van der Waals surface area contributed by atoms with Crippen molar-refractivity contribution in [1.82, 2.24) is 0 Å². The van der Waals surface area contributed by atoms with Crippen molar-refractivity contribution in [3.05, 3.63) is 42.0 Å². The van der Waals surface area contributed by atoms with E-state index < -0.39 is 0 Å². The van der Waals surface area contributed by atoms with Crippen molar-refractivity contribution in [2.45, 2.75) is 32.0 Å². The van der Waals surface area contributed by atoms with Gasteiger partial charge in [0.05, 0.1) is 6.61 Å². The van der Waals surface area contributed by atoms with Crippen molar-refractivity contribution >= 4 is 6.08 Å². The summed E-state index contributed by atoms with van der Waals surface area (Å²) in [6.07, 6.45) is 6.24. The highest BCUT2D eigenvalue weighted by atomic mass is 16.7. The highest BCUT2D eigenvalue weighted by molar-refractivity contribution is 5.47. The Morgan fingerprint density at radius 1 is 1.41 bits per heavy atom. The standard InChI is InChI=1S/C15H20O2/c1-2-13-6-5-7-14(12-13)9-11-17-15-8-3-4-10-16-15/h2,5-7,12,15H,1,3-4,8-11H2. The van der Waals surface area contributed by atoms with Crippen molar-refractivity contribution in [2.75, 3.05) is 13.2 Å². The predicted molar refractivity (Wildman–Crippen MR) is 69.8 cm³/mol. The van der Waals surface area contributed by atoms with Crippen LogP contribution >= 0.6 is 0 Å². The first-order chi connectivity index (χ1) is 8.38. The zero-order valence-electron chi connectivity index (χ0n) is 10.2. The van der Waals surface area contributed by atoms with Gasteiger partial charge in [-0.05, 0) is 36.8 Å². The van der Waals surface area contributed by atoms with E-state index in [1.807, 2.05) is 6.08 Å². The molecule has 92 valence electrons. The third kappa shape index (κ3) is 3.99. The van der Waals surface area contributed by atoms with Gasteiger partial charge in [-0.15, -0.1) is 0 Å². The van der Waals surface area contributed by atoms with Crippen LogP contribution in [-0.4, -0.2) is 19.5 Å². The van der Waals surface area contributed by atoms with Gasteiger partial charge in [-0.3, -0.25) is 0 Å². The van der Waals surface area contributed by atoms with Crippen LogP contribution in [0.1, 0.15) is 30.4 Å². The molecule has 0 aromatic heterocycles. The zero-order chi connectivity index (χ0) is 11.9. The highest BCUT2D eigenvalue weighted by Crippen LogP contribution is 2.14. The summed E-state index contributed by atoms with van der Waals surface area (Å²) in [6.45, 7) is 5.35. The lowest BCUT2D eigenvalue weighted by atomic mass is 10.1. The van der Waals surface area contributed by atoms with Crippen molar-refractivity contribution in [3.63, 3.8) is 0 Å². The molecule has 1 aliphatic rings. The van der Waals surface area contributed by atoms with Crippen LogP contribution in [0, 0.1) is 0 Å². The lowest BCUT2D eigenvalue weighted by Gasteiger charge is -2.22. The average molecular weight is 232 g/mol. The minimum Gasteiger partial charge on any atom is -0.353 e. The SMILES string of the molecule is C=Cc1cccc(CCOC2CCCCO2)c1. The molecule has 0 saturated carbocycles. The number of rotatable bonds is 5. The molecule has 0 N–H and O–H groups in total. The van der Waals surface area contributed by atoms with Crippen LogP contribution in [0.3, 0.4) is 0 Å². The van der Waals surface area contributed by atoms with Crippen LogP contribution in [0.2, 0.25) is 0 Å². The fraction of sp³-hybridized carbons (Fsp3) is 0.467. The largest absolute Gasteiger partial charge is 0.353 e. The van der Waals surface area contributed by atoms with E-state index in [1.54, 1.807) is 0 Å². The second kappa shape index (κ2) is 6.58. The van der Waals surface area contributed by atoms with Crippen LogP contribution in [0.5, 0.6) is 0 Å². The van der Waals surface area contributed by atoms with Gasteiger partial charge in [0, 0.05) is 6.61 Å². The van der Waals surface area contributed by atoms with Crippen molar-refractivity contribution in [1.29, 1.82) is 0 Å². The summed E-state index contributed by atoms with van der Waals surface area (Å²) in [5.41, 5.74) is 2.45. The third-order valence-corrected chi connectivity index (χ3v) is 3.02. The Balaban J connectivity index is 1.75. The maximum absolute atomic E-state index is 5.71. The topological polar surface area (TPSA) is 18.5 Å². The molecule has 0 radical (unpaired) electrons. The van der Waals surface area contributed by atoms with Gasteiger partial charge in [0.25, 0.3) is 0 Å². The molecular formula is C15H20O2. The molecule has 17 heavy (non-hydrogen) atoms. The van der Waals surface area contributed by atoms with E-state index in [0.717, 1.165) is 31.6 Å². The van der Waals surface area contributed by atoms with Gasteiger partial charge in [-0.1, -0.05) is 36.9 Å². The molecule has 1 fully saturated rings. The molecule has 1 aliphatic heterocycles. The first-order valence-corrected chi connectivity index (χ1v) is 6.33. The summed E-state index contributed by atoms with van der Waals surface area (Å²) in [6, 6.07) is 8.39. The monoisotopic (exact) mass is 232 g/mol.